The van der Waals surface area contributed by atoms with Crippen molar-refractivity contribution in [3.63, 3.8) is 0 Å². The van der Waals surface area contributed by atoms with E-state index in [1.165, 1.54) is 13.5 Å². The van der Waals surface area contributed by atoms with Gasteiger partial charge in [-0.05, 0) is 39.0 Å². The SMILES string of the molecule is COC(=O)N1CCC[C@@H](NC(=O)N2CCCC[C@@H]2C)C1. The van der Waals surface area contributed by atoms with Gasteiger partial charge in [0.05, 0.1) is 7.11 Å². The van der Waals surface area contributed by atoms with Crippen molar-refractivity contribution in [1.29, 1.82) is 0 Å². The summed E-state index contributed by atoms with van der Waals surface area (Å²) >= 11 is 0. The Morgan fingerprint density at radius 1 is 1.15 bits per heavy atom. The van der Waals surface area contributed by atoms with Gasteiger partial charge >= 0.3 is 12.1 Å². The lowest BCUT2D eigenvalue weighted by atomic mass is 10.0. The average molecular weight is 283 g/mol. The van der Waals surface area contributed by atoms with E-state index in [0.29, 0.717) is 19.1 Å². The fourth-order valence-electron chi connectivity index (χ4n) is 3.05. The Hall–Kier alpha value is -1.46. The minimum absolute atomic E-state index is 0.00826. The number of rotatable bonds is 1. The summed E-state index contributed by atoms with van der Waals surface area (Å²) in [5, 5.41) is 3.07. The number of amides is 3. The highest BCUT2D eigenvalue weighted by Crippen LogP contribution is 2.17. The molecule has 6 heteroatoms. The molecule has 114 valence electrons. The molecule has 2 aliphatic rings. The van der Waals surface area contributed by atoms with E-state index in [1.54, 1.807) is 4.90 Å². The van der Waals surface area contributed by atoms with E-state index in [0.717, 1.165) is 32.2 Å². The minimum Gasteiger partial charge on any atom is -0.453 e. The molecule has 0 aliphatic carbocycles. The molecule has 0 aromatic carbocycles. The van der Waals surface area contributed by atoms with Gasteiger partial charge in [-0.3, -0.25) is 0 Å². The van der Waals surface area contributed by atoms with Crippen molar-refractivity contribution in [2.75, 3.05) is 26.7 Å². The van der Waals surface area contributed by atoms with Crippen LogP contribution in [0.2, 0.25) is 0 Å². The summed E-state index contributed by atoms with van der Waals surface area (Å²) in [5.41, 5.74) is 0. The van der Waals surface area contributed by atoms with Gasteiger partial charge in [-0.25, -0.2) is 9.59 Å². The largest absolute Gasteiger partial charge is 0.453 e. The third kappa shape index (κ3) is 3.55. The lowest BCUT2D eigenvalue weighted by molar-refractivity contribution is 0.104. The van der Waals surface area contributed by atoms with Crippen LogP contribution in [-0.4, -0.2) is 60.8 Å². The van der Waals surface area contributed by atoms with E-state index in [4.69, 9.17) is 4.74 Å². The third-order valence-electron chi connectivity index (χ3n) is 4.25. The standard InChI is InChI=1S/C14H25N3O3/c1-11-6-3-4-9-17(11)13(18)15-12-7-5-8-16(10-12)14(19)20-2/h11-12H,3-10H2,1-2H3,(H,15,18)/t11-,12+/m0/s1. The predicted octanol–water partition coefficient (Wildman–Crippen LogP) is 1.80. The van der Waals surface area contributed by atoms with Gasteiger partial charge in [0.1, 0.15) is 0 Å². The van der Waals surface area contributed by atoms with Crippen LogP contribution in [0.15, 0.2) is 0 Å². The second-order valence-corrected chi connectivity index (χ2v) is 5.74. The van der Waals surface area contributed by atoms with Crippen molar-refractivity contribution in [1.82, 2.24) is 15.1 Å². The topological polar surface area (TPSA) is 61.9 Å². The number of hydrogen-bond donors (Lipinski definition) is 1. The Balaban J connectivity index is 1.85. The quantitative estimate of drug-likeness (QED) is 0.798. The minimum atomic E-state index is -0.310. The van der Waals surface area contributed by atoms with Crippen LogP contribution >= 0.6 is 0 Å². The molecule has 1 N–H and O–H groups in total. The summed E-state index contributed by atoms with van der Waals surface area (Å²) < 4.78 is 4.74. The Morgan fingerprint density at radius 3 is 2.65 bits per heavy atom. The number of ether oxygens (including phenoxy) is 1. The third-order valence-corrected chi connectivity index (χ3v) is 4.25. The Kier molecular flexibility index (Phi) is 5.09. The lowest BCUT2D eigenvalue weighted by Crippen LogP contribution is -2.55. The summed E-state index contributed by atoms with van der Waals surface area (Å²) in [7, 11) is 1.39. The molecule has 0 spiro atoms. The number of urea groups is 1. The molecule has 2 heterocycles. The number of piperidine rings is 2. The number of carbonyl (C=O) groups is 2. The normalized spacial score (nSPS) is 27.1. The van der Waals surface area contributed by atoms with Crippen LogP contribution in [0.3, 0.4) is 0 Å². The second-order valence-electron chi connectivity index (χ2n) is 5.74. The van der Waals surface area contributed by atoms with Gasteiger partial charge < -0.3 is 19.9 Å². The van der Waals surface area contributed by atoms with Crippen LogP contribution in [0.4, 0.5) is 9.59 Å². The van der Waals surface area contributed by atoms with Crippen LogP contribution in [0.5, 0.6) is 0 Å². The fraction of sp³-hybridized carbons (Fsp3) is 0.857. The molecule has 0 unspecified atom stereocenters. The van der Waals surface area contributed by atoms with Gasteiger partial charge in [-0.1, -0.05) is 0 Å². The van der Waals surface area contributed by atoms with Crippen LogP contribution in [0.1, 0.15) is 39.0 Å². The summed E-state index contributed by atoms with van der Waals surface area (Å²) in [6.07, 6.45) is 4.86. The van der Waals surface area contributed by atoms with Crippen molar-refractivity contribution in [3.05, 3.63) is 0 Å². The van der Waals surface area contributed by atoms with Gasteiger partial charge in [-0.2, -0.15) is 0 Å². The number of nitrogens with zero attached hydrogens (tertiary/aromatic N) is 2. The molecule has 6 nitrogen and oxygen atoms in total. The molecular formula is C14H25N3O3. The average Bonchev–Trinajstić information content (AvgIpc) is 2.47. The van der Waals surface area contributed by atoms with Crippen molar-refractivity contribution in [2.45, 2.75) is 51.1 Å². The number of carbonyl (C=O) groups excluding carboxylic acids is 2. The first-order valence-corrected chi connectivity index (χ1v) is 7.52. The summed E-state index contributed by atoms with van der Waals surface area (Å²) in [6, 6.07) is 0.349. The van der Waals surface area contributed by atoms with Crippen molar-refractivity contribution in [2.24, 2.45) is 0 Å². The molecular weight excluding hydrogens is 258 g/mol. The monoisotopic (exact) mass is 283 g/mol. The number of likely N-dealkylation sites (tertiary alicyclic amines) is 2. The smallest absolute Gasteiger partial charge is 0.409 e. The molecule has 0 aromatic heterocycles. The first kappa shape index (κ1) is 14.9. The maximum absolute atomic E-state index is 12.3. The zero-order valence-electron chi connectivity index (χ0n) is 12.4. The van der Waals surface area contributed by atoms with Crippen LogP contribution in [0, 0.1) is 0 Å². The van der Waals surface area contributed by atoms with E-state index >= 15 is 0 Å². The van der Waals surface area contributed by atoms with Crippen LogP contribution < -0.4 is 5.32 Å². The highest BCUT2D eigenvalue weighted by molar-refractivity contribution is 5.75. The van der Waals surface area contributed by atoms with E-state index < -0.39 is 0 Å². The molecule has 0 radical (unpaired) electrons. The lowest BCUT2D eigenvalue weighted by Gasteiger charge is -2.37. The maximum atomic E-state index is 12.3. The zero-order valence-corrected chi connectivity index (χ0v) is 12.4. The number of hydrogen-bond acceptors (Lipinski definition) is 3. The van der Waals surface area contributed by atoms with Crippen molar-refractivity contribution >= 4 is 12.1 Å². The first-order chi connectivity index (χ1) is 9.61. The number of nitrogens with one attached hydrogen (secondary N) is 1. The Bertz CT molecular complexity index is 362. The van der Waals surface area contributed by atoms with E-state index in [2.05, 4.69) is 12.2 Å². The van der Waals surface area contributed by atoms with Gasteiger partial charge in [-0.15, -0.1) is 0 Å². The van der Waals surface area contributed by atoms with Crippen LogP contribution in [0.25, 0.3) is 0 Å². The summed E-state index contributed by atoms with van der Waals surface area (Å²) in [4.78, 5) is 27.4. The molecule has 20 heavy (non-hydrogen) atoms. The van der Waals surface area contributed by atoms with E-state index in [9.17, 15) is 9.59 Å². The maximum Gasteiger partial charge on any atom is 0.409 e. The summed E-state index contributed by atoms with van der Waals surface area (Å²) in [5.74, 6) is 0. The molecule has 2 rings (SSSR count). The zero-order chi connectivity index (χ0) is 14.5. The molecule has 2 atom stereocenters. The molecule has 2 fully saturated rings. The molecule has 0 bridgehead atoms. The highest BCUT2D eigenvalue weighted by atomic mass is 16.5. The summed E-state index contributed by atoms with van der Waals surface area (Å²) in [6.45, 7) is 4.18. The van der Waals surface area contributed by atoms with Crippen molar-refractivity contribution < 1.29 is 14.3 Å². The highest BCUT2D eigenvalue weighted by Gasteiger charge is 2.28. The Labute approximate surface area is 120 Å². The molecule has 0 aromatic rings. The van der Waals surface area contributed by atoms with Gasteiger partial charge in [0.25, 0.3) is 0 Å². The molecule has 2 saturated heterocycles. The second kappa shape index (κ2) is 6.81. The number of methoxy groups -OCH3 is 1. The van der Waals surface area contributed by atoms with E-state index in [1.807, 2.05) is 4.90 Å². The van der Waals surface area contributed by atoms with Crippen LogP contribution in [-0.2, 0) is 4.74 Å². The van der Waals surface area contributed by atoms with E-state index in [-0.39, 0.29) is 18.2 Å². The molecule has 0 saturated carbocycles. The molecule has 3 amide bonds. The molecule has 2 aliphatic heterocycles. The van der Waals surface area contributed by atoms with Gasteiger partial charge in [0, 0.05) is 31.7 Å². The predicted molar refractivity (Wildman–Crippen MR) is 75.6 cm³/mol. The fourth-order valence-corrected chi connectivity index (χ4v) is 3.05. The van der Waals surface area contributed by atoms with Crippen molar-refractivity contribution in [3.8, 4) is 0 Å². The van der Waals surface area contributed by atoms with Gasteiger partial charge in [0.15, 0.2) is 0 Å². The van der Waals surface area contributed by atoms with Gasteiger partial charge in [0.2, 0.25) is 0 Å². The Morgan fingerprint density at radius 2 is 1.95 bits per heavy atom. The first-order valence-electron chi connectivity index (χ1n) is 7.52.